The Kier molecular flexibility index (Phi) is 13.6. The molecule has 3 nitrogen and oxygen atoms in total. The molecule has 0 N–H and O–H groups in total. The summed E-state index contributed by atoms with van der Waals surface area (Å²) >= 11 is 0. The first-order valence-corrected chi connectivity index (χ1v) is 9.30. The normalized spacial score (nSPS) is 25.7. The fourth-order valence-electron chi connectivity index (χ4n) is 4.19. The first kappa shape index (κ1) is 24.5. The summed E-state index contributed by atoms with van der Waals surface area (Å²) in [6, 6.07) is 0. The van der Waals surface area contributed by atoms with E-state index in [0.29, 0.717) is 5.41 Å². The van der Waals surface area contributed by atoms with Crippen LogP contribution in [0, 0.1) is 18.8 Å². The van der Waals surface area contributed by atoms with E-state index in [-0.39, 0.29) is 58.8 Å². The van der Waals surface area contributed by atoms with Gasteiger partial charge in [-0.2, -0.15) is 0 Å². The van der Waals surface area contributed by atoms with Gasteiger partial charge in [0.05, 0.1) is 0 Å². The Morgan fingerprint density at radius 3 is 1.96 bits per heavy atom. The molecule has 0 aliphatic carbocycles. The van der Waals surface area contributed by atoms with Gasteiger partial charge in [0.15, 0.2) is 0 Å². The molecule has 3 aliphatic heterocycles. The summed E-state index contributed by atoms with van der Waals surface area (Å²) in [5.41, 5.74) is 0.686. The molecular formula is C19H39KN3-. The maximum atomic E-state index is 4.53. The van der Waals surface area contributed by atoms with E-state index in [4.69, 9.17) is 0 Å². The Morgan fingerprint density at radius 2 is 1.43 bits per heavy atom. The van der Waals surface area contributed by atoms with Crippen LogP contribution in [-0.2, 0) is 0 Å². The number of piperidine rings is 3. The van der Waals surface area contributed by atoms with E-state index in [1.54, 1.807) is 0 Å². The molecule has 3 fully saturated rings. The van der Waals surface area contributed by atoms with Crippen LogP contribution >= 0.6 is 0 Å². The van der Waals surface area contributed by atoms with Gasteiger partial charge in [-0.05, 0) is 70.2 Å². The van der Waals surface area contributed by atoms with Crippen LogP contribution < -0.4 is 51.4 Å². The average Bonchev–Trinajstić information content (AvgIpc) is 2.55. The van der Waals surface area contributed by atoms with Crippen molar-refractivity contribution in [2.24, 2.45) is 11.3 Å². The van der Waals surface area contributed by atoms with Gasteiger partial charge in [-0.15, -0.1) is 13.1 Å². The molecule has 0 aromatic carbocycles. The van der Waals surface area contributed by atoms with Crippen molar-refractivity contribution in [3.8, 4) is 0 Å². The molecule has 0 amide bonds. The maximum absolute atomic E-state index is 4.53. The summed E-state index contributed by atoms with van der Waals surface area (Å²) in [7, 11) is 2.26. The predicted molar refractivity (Wildman–Crippen MR) is 98.4 cm³/mol. The van der Waals surface area contributed by atoms with Crippen molar-refractivity contribution in [1.82, 2.24) is 9.80 Å². The second-order valence-electron chi connectivity index (χ2n) is 7.22. The zero-order valence-corrected chi connectivity index (χ0v) is 19.7. The topological polar surface area (TPSA) is 20.6 Å². The number of nitrogens with zero attached hydrogens (tertiary/aromatic N) is 3. The predicted octanol–water partition coefficient (Wildman–Crippen LogP) is 1.06. The largest absolute Gasteiger partial charge is 1.00 e. The van der Waals surface area contributed by atoms with Gasteiger partial charge in [0, 0.05) is 6.54 Å². The Hall–Kier alpha value is 1.52. The SMILES string of the molecule is CC.CN1CCC(CN2CCC3(CC[N-]CC3)CC2)CC1.[CH3-].[K+]. The molecule has 3 aliphatic rings. The van der Waals surface area contributed by atoms with Crippen molar-refractivity contribution in [3.05, 3.63) is 12.7 Å². The van der Waals surface area contributed by atoms with Crippen molar-refractivity contribution in [3.63, 3.8) is 0 Å². The molecular weight excluding hydrogens is 309 g/mol. The maximum Gasteiger partial charge on any atom is 1.00 e. The van der Waals surface area contributed by atoms with Gasteiger partial charge in [0.25, 0.3) is 0 Å². The van der Waals surface area contributed by atoms with Gasteiger partial charge in [-0.25, -0.2) is 0 Å². The molecule has 0 bridgehead atoms. The van der Waals surface area contributed by atoms with Crippen molar-refractivity contribution in [2.75, 3.05) is 52.9 Å². The van der Waals surface area contributed by atoms with Crippen molar-refractivity contribution >= 4 is 0 Å². The molecule has 23 heavy (non-hydrogen) atoms. The van der Waals surface area contributed by atoms with Crippen LogP contribution in [0.5, 0.6) is 0 Å². The zero-order chi connectivity index (χ0) is 15.1. The number of hydrogen-bond donors (Lipinski definition) is 0. The molecule has 0 atom stereocenters. The number of hydrogen-bond acceptors (Lipinski definition) is 2. The Bertz CT molecular complexity index is 274. The van der Waals surface area contributed by atoms with Crippen molar-refractivity contribution in [2.45, 2.75) is 52.4 Å². The summed E-state index contributed by atoms with van der Waals surface area (Å²) in [4.78, 5) is 5.24. The van der Waals surface area contributed by atoms with Gasteiger partial charge in [-0.3, -0.25) is 0 Å². The van der Waals surface area contributed by atoms with Crippen LogP contribution in [0.3, 0.4) is 0 Å². The molecule has 0 saturated carbocycles. The van der Waals surface area contributed by atoms with Gasteiger partial charge in [0.2, 0.25) is 0 Å². The van der Waals surface area contributed by atoms with Crippen molar-refractivity contribution in [1.29, 1.82) is 0 Å². The molecule has 0 aromatic rings. The molecule has 3 rings (SSSR count). The second kappa shape index (κ2) is 12.8. The Labute approximate surface area is 188 Å². The van der Waals surface area contributed by atoms with Crippen LogP contribution in [0.4, 0.5) is 0 Å². The van der Waals surface area contributed by atoms with Gasteiger partial charge in [-0.1, -0.05) is 26.7 Å². The molecule has 0 aromatic heterocycles. The molecule has 4 heteroatoms. The minimum Gasteiger partial charge on any atom is -0.662 e. The van der Waals surface area contributed by atoms with E-state index in [1.807, 2.05) is 13.8 Å². The molecule has 3 heterocycles. The van der Waals surface area contributed by atoms with E-state index >= 15 is 0 Å². The number of likely N-dealkylation sites (tertiary alicyclic amines) is 2. The molecule has 1 spiro atoms. The standard InChI is InChI=1S/C16H30N3.C2H6.CH3.K/c1-18-10-2-15(3-11-18)14-19-12-6-16(7-13-19)4-8-17-9-5-16;1-2;;/h15H,2-14H2,1H3;1-2H3;1H3;/q-1;;-1;+1. The summed E-state index contributed by atoms with van der Waals surface area (Å²) in [6.45, 7) is 13.0. The minimum absolute atomic E-state index is 0. The average molecular weight is 349 g/mol. The smallest absolute Gasteiger partial charge is 0.662 e. The zero-order valence-electron chi connectivity index (χ0n) is 16.6. The third kappa shape index (κ3) is 7.74. The molecule has 0 radical (unpaired) electrons. The van der Waals surface area contributed by atoms with Crippen LogP contribution in [0.25, 0.3) is 5.32 Å². The molecule has 132 valence electrons. The van der Waals surface area contributed by atoms with E-state index < -0.39 is 0 Å². The molecule has 3 saturated heterocycles. The minimum atomic E-state index is 0. The van der Waals surface area contributed by atoms with Gasteiger partial charge in [0.1, 0.15) is 0 Å². The number of rotatable bonds is 2. The summed E-state index contributed by atoms with van der Waals surface area (Å²) < 4.78 is 0. The Morgan fingerprint density at radius 1 is 0.913 bits per heavy atom. The monoisotopic (exact) mass is 348 g/mol. The van der Waals surface area contributed by atoms with Crippen LogP contribution in [0.15, 0.2) is 0 Å². The summed E-state index contributed by atoms with van der Waals surface area (Å²) in [5, 5.41) is 4.53. The first-order valence-electron chi connectivity index (χ1n) is 9.30. The molecule has 0 unspecified atom stereocenters. The van der Waals surface area contributed by atoms with E-state index in [9.17, 15) is 0 Å². The first-order chi connectivity index (χ1) is 10.3. The summed E-state index contributed by atoms with van der Waals surface area (Å²) in [6.07, 6.45) is 8.45. The summed E-state index contributed by atoms with van der Waals surface area (Å²) in [5.74, 6) is 0.964. The van der Waals surface area contributed by atoms with Crippen LogP contribution in [-0.4, -0.2) is 62.7 Å². The second-order valence-corrected chi connectivity index (χ2v) is 7.22. The third-order valence-electron chi connectivity index (χ3n) is 5.87. The van der Waals surface area contributed by atoms with E-state index in [2.05, 4.69) is 22.2 Å². The van der Waals surface area contributed by atoms with Crippen LogP contribution in [0.1, 0.15) is 52.4 Å². The Balaban J connectivity index is 0.00000117. The quantitative estimate of drug-likeness (QED) is 0.549. The fraction of sp³-hybridized carbons (Fsp3) is 0.947. The third-order valence-corrected chi connectivity index (χ3v) is 5.87. The van der Waals surface area contributed by atoms with Gasteiger partial charge < -0.3 is 22.5 Å². The van der Waals surface area contributed by atoms with E-state index in [1.165, 1.54) is 71.2 Å². The fourth-order valence-corrected chi connectivity index (χ4v) is 4.19. The van der Waals surface area contributed by atoms with E-state index in [0.717, 1.165) is 19.0 Å². The van der Waals surface area contributed by atoms with Gasteiger partial charge >= 0.3 is 51.4 Å². The van der Waals surface area contributed by atoms with Crippen LogP contribution in [0.2, 0.25) is 0 Å². The van der Waals surface area contributed by atoms with Crippen molar-refractivity contribution < 1.29 is 51.4 Å².